The third-order valence-electron chi connectivity index (χ3n) is 2.36. The van der Waals surface area contributed by atoms with Crippen LogP contribution in [0.4, 0.5) is 0 Å². The van der Waals surface area contributed by atoms with Gasteiger partial charge in [-0.15, -0.1) is 0 Å². The van der Waals surface area contributed by atoms with Crippen molar-refractivity contribution in [2.24, 2.45) is 5.92 Å². The number of hydrazine groups is 1. The van der Waals surface area contributed by atoms with Crippen molar-refractivity contribution in [2.45, 2.75) is 59.3 Å². The first-order valence-corrected chi connectivity index (χ1v) is 6.16. The minimum atomic E-state index is -0.153. The van der Waals surface area contributed by atoms with Crippen LogP contribution in [0, 0.1) is 5.92 Å². The highest BCUT2D eigenvalue weighted by Crippen LogP contribution is 2.04. The van der Waals surface area contributed by atoms with Crippen molar-refractivity contribution in [3.8, 4) is 0 Å². The molecule has 0 rings (SSSR count). The second kappa shape index (κ2) is 9.19. The molecule has 0 aliphatic heterocycles. The smallest absolute Gasteiger partial charge is 0.240 e. The molecule has 0 saturated carbocycles. The first kappa shape index (κ1) is 14.9. The SMILES string of the molecule is CCCCCCCC(=O)NNC(=O)C(C)C. The fourth-order valence-corrected chi connectivity index (χ4v) is 1.23. The standard InChI is InChI=1S/C12H24N2O2/c1-4-5-6-7-8-9-11(15)13-14-12(16)10(2)3/h10H,4-9H2,1-3H3,(H,13,15)(H,14,16). The Hall–Kier alpha value is -1.06. The maximum absolute atomic E-state index is 11.3. The molecule has 16 heavy (non-hydrogen) atoms. The van der Waals surface area contributed by atoms with E-state index < -0.39 is 0 Å². The molecule has 0 radical (unpaired) electrons. The average Bonchev–Trinajstić information content (AvgIpc) is 2.25. The molecule has 0 aliphatic rings. The fraction of sp³-hybridized carbons (Fsp3) is 0.833. The van der Waals surface area contributed by atoms with Crippen LogP contribution in [-0.2, 0) is 9.59 Å². The minimum Gasteiger partial charge on any atom is -0.273 e. The van der Waals surface area contributed by atoms with Gasteiger partial charge in [0, 0.05) is 12.3 Å². The number of carbonyl (C=O) groups excluding carboxylic acids is 2. The van der Waals surface area contributed by atoms with E-state index in [2.05, 4.69) is 17.8 Å². The maximum atomic E-state index is 11.3. The third-order valence-corrected chi connectivity index (χ3v) is 2.36. The van der Waals surface area contributed by atoms with E-state index in [1.54, 1.807) is 13.8 Å². The van der Waals surface area contributed by atoms with Crippen molar-refractivity contribution in [3.63, 3.8) is 0 Å². The number of hydrogen-bond donors (Lipinski definition) is 2. The lowest BCUT2D eigenvalue weighted by molar-refractivity contribution is -0.130. The van der Waals surface area contributed by atoms with E-state index in [4.69, 9.17) is 0 Å². The minimum absolute atomic E-state index is 0.106. The van der Waals surface area contributed by atoms with Crippen LogP contribution in [0.15, 0.2) is 0 Å². The van der Waals surface area contributed by atoms with E-state index in [0.717, 1.165) is 12.8 Å². The Labute approximate surface area is 98.1 Å². The lowest BCUT2D eigenvalue weighted by Gasteiger charge is -2.08. The summed E-state index contributed by atoms with van der Waals surface area (Å²) in [6.45, 7) is 5.73. The lowest BCUT2D eigenvalue weighted by atomic mass is 10.1. The van der Waals surface area contributed by atoms with Gasteiger partial charge in [-0.1, -0.05) is 46.5 Å². The van der Waals surface area contributed by atoms with Gasteiger partial charge in [0.15, 0.2) is 0 Å². The molecule has 0 fully saturated rings. The van der Waals surface area contributed by atoms with Crippen LogP contribution in [0.1, 0.15) is 59.3 Å². The summed E-state index contributed by atoms with van der Waals surface area (Å²) in [6, 6.07) is 0. The quantitative estimate of drug-likeness (QED) is 0.518. The molecule has 2 N–H and O–H groups in total. The Balaban J connectivity index is 3.41. The summed E-state index contributed by atoms with van der Waals surface area (Å²) in [5.74, 6) is -0.366. The van der Waals surface area contributed by atoms with Crippen LogP contribution in [-0.4, -0.2) is 11.8 Å². The Morgan fingerprint density at radius 1 is 1.00 bits per heavy atom. The molecular weight excluding hydrogens is 204 g/mol. The van der Waals surface area contributed by atoms with Crippen molar-refractivity contribution >= 4 is 11.8 Å². The number of hydrogen-bond acceptors (Lipinski definition) is 2. The molecule has 0 atom stereocenters. The van der Waals surface area contributed by atoms with Gasteiger partial charge in [0.1, 0.15) is 0 Å². The zero-order valence-electron chi connectivity index (χ0n) is 10.6. The molecule has 0 aliphatic carbocycles. The van der Waals surface area contributed by atoms with E-state index in [0.29, 0.717) is 6.42 Å². The van der Waals surface area contributed by atoms with Crippen LogP contribution >= 0.6 is 0 Å². The Bertz CT molecular complexity index is 215. The molecule has 0 aromatic carbocycles. The first-order valence-electron chi connectivity index (χ1n) is 6.16. The summed E-state index contributed by atoms with van der Waals surface area (Å²) in [5, 5.41) is 0. The van der Waals surface area contributed by atoms with E-state index in [1.165, 1.54) is 19.3 Å². The predicted octanol–water partition coefficient (Wildman–Crippen LogP) is 2.15. The third kappa shape index (κ3) is 8.26. The van der Waals surface area contributed by atoms with Crippen molar-refractivity contribution in [3.05, 3.63) is 0 Å². The van der Waals surface area contributed by atoms with Gasteiger partial charge in [0.2, 0.25) is 11.8 Å². The summed E-state index contributed by atoms with van der Waals surface area (Å²) in [5.41, 5.74) is 4.81. The number of nitrogens with one attached hydrogen (secondary N) is 2. The van der Waals surface area contributed by atoms with Gasteiger partial charge in [-0.2, -0.15) is 0 Å². The highest BCUT2D eigenvalue weighted by molar-refractivity contribution is 5.82. The monoisotopic (exact) mass is 228 g/mol. The van der Waals surface area contributed by atoms with Crippen molar-refractivity contribution in [1.82, 2.24) is 10.9 Å². The van der Waals surface area contributed by atoms with Gasteiger partial charge in [-0.05, 0) is 6.42 Å². The molecule has 4 heteroatoms. The van der Waals surface area contributed by atoms with E-state index in [9.17, 15) is 9.59 Å². The van der Waals surface area contributed by atoms with Crippen LogP contribution < -0.4 is 10.9 Å². The molecular formula is C12H24N2O2. The topological polar surface area (TPSA) is 58.2 Å². The molecule has 4 nitrogen and oxygen atoms in total. The van der Waals surface area contributed by atoms with Gasteiger partial charge in [-0.25, -0.2) is 0 Å². The van der Waals surface area contributed by atoms with Crippen LogP contribution in [0.5, 0.6) is 0 Å². The lowest BCUT2D eigenvalue weighted by Crippen LogP contribution is -2.43. The second-order valence-corrected chi connectivity index (χ2v) is 4.36. The Morgan fingerprint density at radius 2 is 1.62 bits per heavy atom. The summed E-state index contributed by atoms with van der Waals surface area (Å²) < 4.78 is 0. The summed E-state index contributed by atoms with van der Waals surface area (Å²) in [4.78, 5) is 22.4. The van der Waals surface area contributed by atoms with Crippen molar-refractivity contribution in [2.75, 3.05) is 0 Å². The number of carbonyl (C=O) groups is 2. The molecule has 0 saturated heterocycles. The van der Waals surface area contributed by atoms with Gasteiger partial charge >= 0.3 is 0 Å². The number of rotatable bonds is 7. The molecule has 0 heterocycles. The molecule has 0 spiro atoms. The van der Waals surface area contributed by atoms with E-state index >= 15 is 0 Å². The summed E-state index contributed by atoms with van der Waals surface area (Å²) in [6.07, 6.45) is 6.08. The zero-order chi connectivity index (χ0) is 12.4. The molecule has 0 unspecified atom stereocenters. The molecule has 0 aromatic heterocycles. The number of unbranched alkanes of at least 4 members (excludes halogenated alkanes) is 4. The van der Waals surface area contributed by atoms with Crippen molar-refractivity contribution in [1.29, 1.82) is 0 Å². The second-order valence-electron chi connectivity index (χ2n) is 4.36. The summed E-state index contributed by atoms with van der Waals surface area (Å²) >= 11 is 0. The molecule has 0 aromatic rings. The van der Waals surface area contributed by atoms with Gasteiger partial charge in [0.05, 0.1) is 0 Å². The molecule has 94 valence electrons. The number of amides is 2. The van der Waals surface area contributed by atoms with Gasteiger partial charge < -0.3 is 0 Å². The van der Waals surface area contributed by atoms with Crippen LogP contribution in [0.2, 0.25) is 0 Å². The highest BCUT2D eigenvalue weighted by Gasteiger charge is 2.07. The molecule has 0 bridgehead atoms. The highest BCUT2D eigenvalue weighted by atomic mass is 16.2. The predicted molar refractivity (Wildman–Crippen MR) is 64.5 cm³/mol. The average molecular weight is 228 g/mol. The Morgan fingerprint density at radius 3 is 2.19 bits per heavy atom. The van der Waals surface area contributed by atoms with Crippen LogP contribution in [0.3, 0.4) is 0 Å². The van der Waals surface area contributed by atoms with E-state index in [-0.39, 0.29) is 17.7 Å². The summed E-state index contributed by atoms with van der Waals surface area (Å²) in [7, 11) is 0. The fourth-order valence-electron chi connectivity index (χ4n) is 1.23. The first-order chi connectivity index (χ1) is 7.57. The largest absolute Gasteiger partial charge is 0.273 e. The zero-order valence-corrected chi connectivity index (χ0v) is 10.6. The van der Waals surface area contributed by atoms with E-state index in [1.807, 2.05) is 0 Å². The van der Waals surface area contributed by atoms with Gasteiger partial charge in [-0.3, -0.25) is 20.4 Å². The Kier molecular flexibility index (Phi) is 8.58. The van der Waals surface area contributed by atoms with Crippen LogP contribution in [0.25, 0.3) is 0 Å². The normalized spacial score (nSPS) is 10.2. The molecule has 2 amide bonds. The maximum Gasteiger partial charge on any atom is 0.240 e. The van der Waals surface area contributed by atoms with Gasteiger partial charge in [0.25, 0.3) is 0 Å². The van der Waals surface area contributed by atoms with Crippen molar-refractivity contribution < 1.29 is 9.59 Å².